The summed E-state index contributed by atoms with van der Waals surface area (Å²) in [5, 5.41) is 11.5. The number of hydrogen-bond acceptors (Lipinski definition) is 4. The van der Waals surface area contributed by atoms with Crippen LogP contribution in [0.15, 0.2) is 41.1 Å². The molecule has 7 nitrogen and oxygen atoms in total. The van der Waals surface area contributed by atoms with Gasteiger partial charge in [-0.15, -0.1) is 0 Å². The van der Waals surface area contributed by atoms with Gasteiger partial charge in [-0.25, -0.2) is 13.2 Å². The Morgan fingerprint density at radius 3 is 2.43 bits per heavy atom. The first-order valence-corrected chi connectivity index (χ1v) is 8.79. The van der Waals surface area contributed by atoms with Crippen molar-refractivity contribution in [2.45, 2.75) is 24.7 Å². The number of amides is 2. The second-order valence-electron chi connectivity index (χ2n) is 5.15. The van der Waals surface area contributed by atoms with Gasteiger partial charge in [0.2, 0.25) is 5.91 Å². The van der Waals surface area contributed by atoms with Gasteiger partial charge in [0.25, 0.3) is 0 Å². The highest BCUT2D eigenvalue weighted by atomic mass is 32.2. The summed E-state index contributed by atoms with van der Waals surface area (Å²) in [6.07, 6.45) is 0.904. The minimum absolute atomic E-state index is 0.0288. The Kier molecular flexibility index (Phi) is 5.05. The highest BCUT2D eigenvalue weighted by molar-refractivity contribution is 7.91. The molecule has 1 aromatic carbocycles. The maximum absolute atomic E-state index is 11.9. The van der Waals surface area contributed by atoms with Crippen LogP contribution in [0.2, 0.25) is 0 Å². The van der Waals surface area contributed by atoms with Crippen molar-refractivity contribution in [1.82, 2.24) is 10.2 Å². The smallest absolute Gasteiger partial charge is 0.411 e. The van der Waals surface area contributed by atoms with E-state index in [1.54, 1.807) is 19.1 Å². The van der Waals surface area contributed by atoms with Crippen molar-refractivity contribution in [2.75, 3.05) is 12.3 Å². The Hall–Kier alpha value is -2.35. The van der Waals surface area contributed by atoms with E-state index in [0.717, 1.165) is 4.90 Å². The fraction of sp³-hybridized carbons (Fsp3) is 0.333. The summed E-state index contributed by atoms with van der Waals surface area (Å²) in [6.45, 7) is 1.90. The van der Waals surface area contributed by atoms with Crippen LogP contribution in [0.5, 0.6) is 0 Å². The van der Waals surface area contributed by atoms with E-state index in [0.29, 0.717) is 24.2 Å². The third-order valence-electron chi connectivity index (χ3n) is 3.51. The number of nitrogens with one attached hydrogen (secondary N) is 1. The van der Waals surface area contributed by atoms with Gasteiger partial charge in [0, 0.05) is 24.9 Å². The predicted octanol–water partition coefficient (Wildman–Crippen LogP) is 1.36. The maximum atomic E-state index is 11.9. The summed E-state index contributed by atoms with van der Waals surface area (Å²) in [7, 11) is -3.25. The summed E-state index contributed by atoms with van der Waals surface area (Å²) in [4.78, 5) is 24.1. The zero-order chi connectivity index (χ0) is 17.0. The molecule has 0 aromatic heterocycles. The van der Waals surface area contributed by atoms with Crippen LogP contribution in [0.25, 0.3) is 0 Å². The molecule has 2 amide bonds. The number of rotatable bonds is 5. The molecule has 0 spiro atoms. The fourth-order valence-electron chi connectivity index (χ4n) is 2.19. The van der Waals surface area contributed by atoms with Crippen molar-refractivity contribution >= 4 is 21.8 Å². The molecule has 0 radical (unpaired) electrons. The molecule has 0 aliphatic carbocycles. The van der Waals surface area contributed by atoms with E-state index in [2.05, 4.69) is 5.32 Å². The Bertz CT molecular complexity index is 738. The second-order valence-corrected chi connectivity index (χ2v) is 7.43. The molecule has 1 aliphatic heterocycles. The Morgan fingerprint density at radius 2 is 1.91 bits per heavy atom. The first kappa shape index (κ1) is 17.0. The molecule has 0 saturated heterocycles. The maximum Gasteiger partial charge on any atom is 0.411 e. The van der Waals surface area contributed by atoms with E-state index in [1.807, 2.05) is 0 Å². The van der Waals surface area contributed by atoms with Gasteiger partial charge in [0.05, 0.1) is 17.1 Å². The van der Waals surface area contributed by atoms with E-state index in [-0.39, 0.29) is 23.0 Å². The van der Waals surface area contributed by atoms with Gasteiger partial charge in [0.15, 0.2) is 9.84 Å². The molecule has 0 saturated carbocycles. The van der Waals surface area contributed by atoms with Crippen LogP contribution in [0.3, 0.4) is 0 Å². The standard InChI is InChI=1S/C15H18N2O5S/c1-2-23(21,22)13-5-3-11(4-6-13)9-14(18)16-12-7-8-17(10-12)15(19)20/h3-6,10H,2,7-9H2,1H3,(H,16,18)(H,19,20). The first-order chi connectivity index (χ1) is 10.8. The molecule has 1 aromatic rings. The average molecular weight is 338 g/mol. The minimum Gasteiger partial charge on any atom is -0.465 e. The lowest BCUT2D eigenvalue weighted by Crippen LogP contribution is -2.24. The lowest BCUT2D eigenvalue weighted by Gasteiger charge is -2.06. The second kappa shape index (κ2) is 6.82. The molecular formula is C15H18N2O5S. The predicted molar refractivity (Wildman–Crippen MR) is 83.4 cm³/mol. The third kappa shape index (κ3) is 4.32. The zero-order valence-electron chi connectivity index (χ0n) is 12.7. The summed E-state index contributed by atoms with van der Waals surface area (Å²) in [6, 6.07) is 6.19. The van der Waals surface area contributed by atoms with Gasteiger partial charge < -0.3 is 10.4 Å². The van der Waals surface area contributed by atoms with E-state index < -0.39 is 15.9 Å². The van der Waals surface area contributed by atoms with Gasteiger partial charge in [-0.1, -0.05) is 19.1 Å². The lowest BCUT2D eigenvalue weighted by molar-refractivity contribution is -0.119. The van der Waals surface area contributed by atoms with Gasteiger partial charge in [-0.3, -0.25) is 9.69 Å². The van der Waals surface area contributed by atoms with Crippen LogP contribution in [0.4, 0.5) is 4.79 Å². The number of carboxylic acid groups (broad SMARTS) is 1. The average Bonchev–Trinajstić information content (AvgIpc) is 2.96. The van der Waals surface area contributed by atoms with Crippen molar-refractivity contribution < 1.29 is 23.1 Å². The molecule has 0 fully saturated rings. The summed E-state index contributed by atoms with van der Waals surface area (Å²) in [5.74, 6) is -0.240. The van der Waals surface area contributed by atoms with Crippen LogP contribution in [0, 0.1) is 0 Å². The molecule has 2 N–H and O–H groups in total. The van der Waals surface area contributed by atoms with Crippen LogP contribution in [0.1, 0.15) is 18.9 Å². The van der Waals surface area contributed by atoms with Crippen molar-refractivity contribution in [3.8, 4) is 0 Å². The molecular weight excluding hydrogens is 320 g/mol. The monoisotopic (exact) mass is 338 g/mol. The molecule has 8 heteroatoms. The van der Waals surface area contributed by atoms with Crippen LogP contribution in [-0.4, -0.2) is 42.7 Å². The Morgan fingerprint density at radius 1 is 1.26 bits per heavy atom. The molecule has 0 unspecified atom stereocenters. The topological polar surface area (TPSA) is 104 Å². The molecule has 2 rings (SSSR count). The quantitative estimate of drug-likeness (QED) is 0.844. The normalized spacial score (nSPS) is 14.5. The third-order valence-corrected chi connectivity index (χ3v) is 5.26. The van der Waals surface area contributed by atoms with Crippen molar-refractivity contribution in [2.24, 2.45) is 0 Å². The SMILES string of the molecule is CCS(=O)(=O)c1ccc(CC(=O)NC2=CN(C(=O)O)CC2)cc1. The van der Waals surface area contributed by atoms with Gasteiger partial charge in [0.1, 0.15) is 0 Å². The van der Waals surface area contributed by atoms with Crippen molar-refractivity contribution in [3.05, 3.63) is 41.7 Å². The summed E-state index contributed by atoms with van der Waals surface area (Å²) < 4.78 is 23.4. The number of hydrogen-bond donors (Lipinski definition) is 2. The zero-order valence-corrected chi connectivity index (χ0v) is 13.5. The number of benzene rings is 1. The molecule has 0 atom stereocenters. The van der Waals surface area contributed by atoms with Gasteiger partial charge in [-0.2, -0.15) is 0 Å². The summed E-state index contributed by atoms with van der Waals surface area (Å²) in [5.41, 5.74) is 1.24. The largest absolute Gasteiger partial charge is 0.465 e. The van der Waals surface area contributed by atoms with Crippen LogP contribution >= 0.6 is 0 Å². The molecule has 0 bridgehead atoms. The van der Waals surface area contributed by atoms with Crippen LogP contribution in [-0.2, 0) is 21.1 Å². The van der Waals surface area contributed by atoms with E-state index in [1.165, 1.54) is 18.3 Å². The van der Waals surface area contributed by atoms with E-state index in [9.17, 15) is 18.0 Å². The number of nitrogens with zero attached hydrogens (tertiary/aromatic N) is 1. The van der Waals surface area contributed by atoms with E-state index >= 15 is 0 Å². The lowest BCUT2D eigenvalue weighted by atomic mass is 10.1. The van der Waals surface area contributed by atoms with Gasteiger partial charge >= 0.3 is 6.09 Å². The summed E-state index contributed by atoms with van der Waals surface area (Å²) >= 11 is 0. The van der Waals surface area contributed by atoms with Crippen molar-refractivity contribution in [3.63, 3.8) is 0 Å². The molecule has 1 aliphatic rings. The number of carbonyl (C=O) groups excluding carboxylic acids is 1. The molecule has 23 heavy (non-hydrogen) atoms. The highest BCUT2D eigenvalue weighted by Crippen LogP contribution is 2.14. The first-order valence-electron chi connectivity index (χ1n) is 7.13. The highest BCUT2D eigenvalue weighted by Gasteiger charge is 2.19. The van der Waals surface area contributed by atoms with Crippen LogP contribution < -0.4 is 5.32 Å². The Labute approximate surface area is 134 Å². The van der Waals surface area contributed by atoms with E-state index in [4.69, 9.17) is 5.11 Å². The van der Waals surface area contributed by atoms with Gasteiger partial charge in [-0.05, 0) is 17.7 Å². The van der Waals surface area contributed by atoms with Crippen molar-refractivity contribution in [1.29, 1.82) is 0 Å². The number of carbonyl (C=O) groups is 2. The molecule has 124 valence electrons. The Balaban J connectivity index is 1.96. The molecule has 1 heterocycles. The fourth-order valence-corrected chi connectivity index (χ4v) is 3.08. The number of sulfone groups is 1. The minimum atomic E-state index is -3.25.